The molecule has 300 valence electrons. The number of unbranched alkanes of at least 4 members (excludes halogenated alkanes) is 22. The van der Waals surface area contributed by atoms with Crippen molar-refractivity contribution < 1.29 is 33.4 Å². The number of hydrogen-bond acceptors (Lipinski definition) is 7. The Labute approximate surface area is 318 Å². The summed E-state index contributed by atoms with van der Waals surface area (Å²) in [5, 5.41) is 2.60. The Morgan fingerprint density at radius 2 is 0.942 bits per heavy atom. The number of allylic oxidation sites excluding steroid dienone is 4. The second-order valence-corrected chi connectivity index (χ2v) is 14.8. The molecule has 1 heterocycles. The molecule has 0 radical (unpaired) electrons. The maximum Gasteiger partial charge on any atom is 0.329 e. The topological polar surface area (TPSA) is 108 Å². The lowest BCUT2D eigenvalue weighted by atomic mass is 10.1. The van der Waals surface area contributed by atoms with Crippen molar-refractivity contribution in [2.45, 2.75) is 219 Å². The Hall–Kier alpha value is -2.64. The van der Waals surface area contributed by atoms with E-state index in [4.69, 9.17) is 14.2 Å². The van der Waals surface area contributed by atoms with Crippen LogP contribution in [0.4, 0.5) is 0 Å². The number of ether oxygens (including phenoxy) is 3. The zero-order valence-corrected chi connectivity index (χ0v) is 33.4. The second-order valence-electron chi connectivity index (χ2n) is 14.8. The third-order valence-electron chi connectivity index (χ3n) is 9.71. The molecule has 0 saturated carbocycles. The summed E-state index contributed by atoms with van der Waals surface area (Å²) in [6.07, 6.45) is 40.4. The molecule has 0 aromatic heterocycles. The standard InChI is InChI=1S/C44H77NO7/c1-3-5-7-9-11-13-15-17-19-21-23-25-27-29-31-33-42(47)50-37-39(52-44(49)40-35-36-41(46)45-40)38-51-43(48)34-32-30-28-26-24-22-20-18-16-14-12-10-8-6-4-2/h17-20,39-40H,3-16,21-38H2,1-2H3,(H,45,46)/t39?,40-/m0/s1. The average Bonchev–Trinajstić information content (AvgIpc) is 3.58. The maximum absolute atomic E-state index is 12.6. The fourth-order valence-electron chi connectivity index (χ4n) is 6.35. The molecule has 0 aromatic rings. The van der Waals surface area contributed by atoms with Gasteiger partial charge in [0.15, 0.2) is 6.10 Å². The van der Waals surface area contributed by atoms with E-state index in [0.29, 0.717) is 19.3 Å². The van der Waals surface area contributed by atoms with Crippen LogP contribution in [0.25, 0.3) is 0 Å². The van der Waals surface area contributed by atoms with Crippen molar-refractivity contribution in [3.05, 3.63) is 24.3 Å². The molecular weight excluding hydrogens is 654 g/mol. The lowest BCUT2D eigenvalue weighted by Gasteiger charge is -2.20. The van der Waals surface area contributed by atoms with Gasteiger partial charge < -0.3 is 19.5 Å². The third kappa shape index (κ3) is 29.9. The van der Waals surface area contributed by atoms with Crippen LogP contribution >= 0.6 is 0 Å². The number of esters is 3. The summed E-state index contributed by atoms with van der Waals surface area (Å²) in [4.78, 5) is 49.1. The molecule has 1 fully saturated rings. The van der Waals surface area contributed by atoms with Crippen molar-refractivity contribution in [3.63, 3.8) is 0 Å². The molecule has 8 heteroatoms. The van der Waals surface area contributed by atoms with Crippen LogP contribution in [0.2, 0.25) is 0 Å². The van der Waals surface area contributed by atoms with Gasteiger partial charge in [-0.15, -0.1) is 0 Å². The van der Waals surface area contributed by atoms with Crippen molar-refractivity contribution in [2.75, 3.05) is 13.2 Å². The lowest BCUT2D eigenvalue weighted by molar-refractivity contribution is -0.168. The van der Waals surface area contributed by atoms with Gasteiger partial charge in [-0.2, -0.15) is 0 Å². The first kappa shape index (κ1) is 47.4. The molecule has 1 aliphatic rings. The molecule has 0 aromatic carbocycles. The molecule has 1 amide bonds. The summed E-state index contributed by atoms with van der Waals surface area (Å²) in [5.74, 6) is -1.51. The van der Waals surface area contributed by atoms with Crippen molar-refractivity contribution in [1.29, 1.82) is 0 Å². The summed E-state index contributed by atoms with van der Waals surface area (Å²) < 4.78 is 16.4. The maximum atomic E-state index is 12.6. The predicted octanol–water partition coefficient (Wildman–Crippen LogP) is 11.3. The summed E-state index contributed by atoms with van der Waals surface area (Å²) in [7, 11) is 0. The fraction of sp³-hybridized carbons (Fsp3) is 0.818. The monoisotopic (exact) mass is 732 g/mol. The minimum Gasteiger partial charge on any atom is -0.462 e. The minimum absolute atomic E-state index is 0.184. The zero-order valence-electron chi connectivity index (χ0n) is 33.4. The summed E-state index contributed by atoms with van der Waals surface area (Å²) in [5.41, 5.74) is 0. The third-order valence-corrected chi connectivity index (χ3v) is 9.71. The number of carbonyl (C=O) groups is 4. The van der Waals surface area contributed by atoms with E-state index < -0.39 is 18.1 Å². The SMILES string of the molecule is CCCCCCCCC=CCCCCCCCC(=O)OCC(COC(=O)CCCCCCCC=CCCCCCCCC)OC(=O)[C@@H]1CCC(=O)N1. The van der Waals surface area contributed by atoms with Gasteiger partial charge in [-0.05, 0) is 70.6 Å². The quantitative estimate of drug-likeness (QED) is 0.0296. The molecular formula is C44H77NO7. The Morgan fingerprint density at radius 1 is 0.577 bits per heavy atom. The van der Waals surface area contributed by atoms with Gasteiger partial charge in [0.05, 0.1) is 0 Å². The van der Waals surface area contributed by atoms with Crippen molar-refractivity contribution >= 4 is 23.8 Å². The first-order chi connectivity index (χ1) is 25.5. The smallest absolute Gasteiger partial charge is 0.329 e. The molecule has 52 heavy (non-hydrogen) atoms. The number of hydrogen-bond donors (Lipinski definition) is 1. The molecule has 1 saturated heterocycles. The van der Waals surface area contributed by atoms with Crippen molar-refractivity contribution in [3.8, 4) is 0 Å². The van der Waals surface area contributed by atoms with Gasteiger partial charge in [-0.25, -0.2) is 4.79 Å². The zero-order chi connectivity index (χ0) is 37.7. The Morgan fingerprint density at radius 3 is 1.31 bits per heavy atom. The molecule has 1 aliphatic heterocycles. The van der Waals surface area contributed by atoms with Crippen LogP contribution in [0, 0.1) is 0 Å². The first-order valence-electron chi connectivity index (χ1n) is 21.6. The van der Waals surface area contributed by atoms with Gasteiger partial charge >= 0.3 is 17.9 Å². The van der Waals surface area contributed by atoms with Crippen molar-refractivity contribution in [1.82, 2.24) is 5.32 Å². The molecule has 0 spiro atoms. The lowest BCUT2D eigenvalue weighted by Crippen LogP contribution is -2.39. The average molecular weight is 732 g/mol. The van der Waals surface area contributed by atoms with E-state index in [9.17, 15) is 19.2 Å². The van der Waals surface area contributed by atoms with E-state index >= 15 is 0 Å². The van der Waals surface area contributed by atoms with E-state index in [2.05, 4.69) is 43.5 Å². The number of amides is 1. The van der Waals surface area contributed by atoms with Crippen LogP contribution in [-0.4, -0.2) is 49.2 Å². The Bertz CT molecular complexity index is 906. The van der Waals surface area contributed by atoms with Crippen LogP contribution in [0.3, 0.4) is 0 Å². The normalized spacial score (nSPS) is 15.0. The van der Waals surface area contributed by atoms with Gasteiger partial charge in [0.1, 0.15) is 19.3 Å². The molecule has 0 aliphatic carbocycles. The number of carbonyl (C=O) groups excluding carboxylic acids is 4. The predicted molar refractivity (Wildman–Crippen MR) is 212 cm³/mol. The summed E-state index contributed by atoms with van der Waals surface area (Å²) in [6, 6.07) is -0.729. The number of rotatable bonds is 36. The molecule has 1 N–H and O–H groups in total. The molecule has 1 atom stereocenters. The molecule has 8 nitrogen and oxygen atoms in total. The van der Waals surface area contributed by atoms with E-state index in [-0.39, 0.29) is 37.5 Å². The molecule has 0 bridgehead atoms. The van der Waals surface area contributed by atoms with Crippen LogP contribution in [0.5, 0.6) is 0 Å². The molecule has 1 rings (SSSR count). The Kier molecular flexibility index (Phi) is 32.2. The van der Waals surface area contributed by atoms with Crippen LogP contribution in [-0.2, 0) is 33.4 Å². The minimum atomic E-state index is -0.916. The highest BCUT2D eigenvalue weighted by atomic mass is 16.6. The van der Waals surface area contributed by atoms with E-state index in [1.807, 2.05) is 0 Å². The highest BCUT2D eigenvalue weighted by Crippen LogP contribution is 2.14. The summed E-state index contributed by atoms with van der Waals surface area (Å²) in [6.45, 7) is 4.13. The summed E-state index contributed by atoms with van der Waals surface area (Å²) >= 11 is 0. The second kappa shape index (κ2) is 35.4. The van der Waals surface area contributed by atoms with E-state index in [0.717, 1.165) is 64.2 Å². The van der Waals surface area contributed by atoms with Gasteiger partial charge in [-0.1, -0.05) is 141 Å². The number of nitrogens with one attached hydrogen (secondary N) is 1. The highest BCUT2D eigenvalue weighted by molar-refractivity contribution is 5.88. The van der Waals surface area contributed by atoms with Gasteiger partial charge in [0.2, 0.25) is 5.91 Å². The fourth-order valence-corrected chi connectivity index (χ4v) is 6.35. The van der Waals surface area contributed by atoms with Gasteiger partial charge in [0.25, 0.3) is 0 Å². The van der Waals surface area contributed by atoms with E-state index in [1.165, 1.54) is 103 Å². The Balaban J connectivity index is 2.19. The molecule has 0 unspecified atom stereocenters. The highest BCUT2D eigenvalue weighted by Gasteiger charge is 2.31. The van der Waals surface area contributed by atoms with Crippen LogP contribution in [0.15, 0.2) is 24.3 Å². The van der Waals surface area contributed by atoms with E-state index in [1.54, 1.807) is 0 Å². The van der Waals surface area contributed by atoms with Gasteiger partial charge in [0, 0.05) is 19.3 Å². The largest absolute Gasteiger partial charge is 0.462 e. The van der Waals surface area contributed by atoms with Crippen molar-refractivity contribution in [2.24, 2.45) is 0 Å². The van der Waals surface area contributed by atoms with Gasteiger partial charge in [-0.3, -0.25) is 14.4 Å². The van der Waals surface area contributed by atoms with Crippen LogP contribution in [0.1, 0.15) is 206 Å². The first-order valence-corrected chi connectivity index (χ1v) is 21.6. The van der Waals surface area contributed by atoms with Crippen LogP contribution < -0.4 is 5.32 Å².